The molecule has 0 aromatic heterocycles. The van der Waals surface area contributed by atoms with Crippen LogP contribution in [0.2, 0.25) is 0 Å². The molecule has 0 fully saturated rings. The fraction of sp³-hybridized carbons (Fsp3) is 0.871. The smallest absolute Gasteiger partial charge is 0.332 e. The number of nitrogens with zero attached hydrogens (tertiary/aromatic N) is 3. The van der Waals surface area contributed by atoms with E-state index in [1.54, 1.807) is 0 Å². The number of rotatable bonds is 34. The van der Waals surface area contributed by atoms with Crippen molar-refractivity contribution in [1.82, 2.24) is 10.6 Å². The molecular formula is C31H57N5O9. The fourth-order valence-corrected chi connectivity index (χ4v) is 4.57. The molecule has 0 rings (SSSR count). The lowest BCUT2D eigenvalue weighted by Crippen LogP contribution is -2.38. The Labute approximate surface area is 267 Å². The molecule has 0 aromatic carbocycles. The molecule has 0 radical (unpaired) electrons. The van der Waals surface area contributed by atoms with Gasteiger partial charge in [0.2, 0.25) is 5.91 Å². The summed E-state index contributed by atoms with van der Waals surface area (Å²) >= 11 is 0. The van der Waals surface area contributed by atoms with Crippen molar-refractivity contribution in [3.63, 3.8) is 0 Å². The lowest BCUT2D eigenvalue weighted by atomic mass is 10.0. The maximum atomic E-state index is 12.1. The first-order valence-electron chi connectivity index (χ1n) is 16.6. The van der Waals surface area contributed by atoms with E-state index in [4.69, 9.17) is 24.8 Å². The Balaban J connectivity index is 3.59. The Bertz CT molecular complexity index is 825. The molecule has 0 spiro atoms. The van der Waals surface area contributed by atoms with E-state index < -0.39 is 23.9 Å². The summed E-state index contributed by atoms with van der Waals surface area (Å²) in [6, 6.07) is -0.786. The van der Waals surface area contributed by atoms with Crippen molar-refractivity contribution in [2.75, 3.05) is 52.7 Å². The van der Waals surface area contributed by atoms with Gasteiger partial charge in [0.25, 0.3) is 0 Å². The number of amides is 1. The normalized spacial score (nSPS) is 11.5. The van der Waals surface area contributed by atoms with E-state index in [0.29, 0.717) is 6.54 Å². The molecule has 0 saturated carbocycles. The highest BCUT2D eigenvalue weighted by Gasteiger charge is 2.17. The van der Waals surface area contributed by atoms with Crippen LogP contribution in [0.15, 0.2) is 5.11 Å². The zero-order chi connectivity index (χ0) is 33.2. The molecular weight excluding hydrogens is 586 g/mol. The molecule has 14 heteroatoms. The molecule has 260 valence electrons. The average molecular weight is 644 g/mol. The number of esters is 1. The third kappa shape index (κ3) is 32.3. The predicted molar refractivity (Wildman–Crippen MR) is 170 cm³/mol. The van der Waals surface area contributed by atoms with Gasteiger partial charge in [-0.15, -0.1) is 0 Å². The molecule has 4 N–H and O–H groups in total. The minimum absolute atomic E-state index is 0.0167. The molecule has 0 saturated heterocycles. The van der Waals surface area contributed by atoms with E-state index in [1.165, 1.54) is 57.8 Å². The molecule has 1 atom stereocenters. The molecule has 0 heterocycles. The first-order valence-corrected chi connectivity index (χ1v) is 16.6. The minimum atomic E-state index is -0.978. The van der Waals surface area contributed by atoms with Crippen LogP contribution in [0.3, 0.4) is 0 Å². The molecule has 45 heavy (non-hydrogen) atoms. The van der Waals surface area contributed by atoms with Crippen molar-refractivity contribution in [2.45, 2.75) is 122 Å². The summed E-state index contributed by atoms with van der Waals surface area (Å²) in [5.74, 6) is -2.56. The Morgan fingerprint density at radius 1 is 0.689 bits per heavy atom. The molecule has 0 aliphatic heterocycles. The van der Waals surface area contributed by atoms with Gasteiger partial charge in [-0.2, -0.15) is 0 Å². The van der Waals surface area contributed by atoms with E-state index in [-0.39, 0.29) is 71.3 Å². The number of hydrogen-bond acceptors (Lipinski definition) is 9. The summed E-state index contributed by atoms with van der Waals surface area (Å²) in [6.45, 7) is 1.39. The Morgan fingerprint density at radius 3 is 1.80 bits per heavy atom. The number of carboxylic acid groups (broad SMARTS) is 2. The summed E-state index contributed by atoms with van der Waals surface area (Å²) in [7, 11) is 0. The summed E-state index contributed by atoms with van der Waals surface area (Å²) in [4.78, 5) is 48.3. The maximum Gasteiger partial charge on any atom is 0.332 e. The number of ether oxygens (including phenoxy) is 3. The largest absolute Gasteiger partial charge is 0.481 e. The van der Waals surface area contributed by atoms with Gasteiger partial charge in [0.15, 0.2) is 0 Å². The molecule has 0 bridgehead atoms. The van der Waals surface area contributed by atoms with Crippen molar-refractivity contribution >= 4 is 23.8 Å². The second kappa shape index (κ2) is 32.5. The molecule has 0 unspecified atom stereocenters. The zero-order valence-corrected chi connectivity index (χ0v) is 27.1. The molecule has 0 aliphatic carbocycles. The van der Waals surface area contributed by atoms with Gasteiger partial charge >= 0.3 is 17.9 Å². The van der Waals surface area contributed by atoms with Crippen LogP contribution in [0.4, 0.5) is 0 Å². The van der Waals surface area contributed by atoms with E-state index in [2.05, 4.69) is 20.7 Å². The van der Waals surface area contributed by atoms with Gasteiger partial charge in [-0.25, -0.2) is 4.79 Å². The molecule has 0 aliphatic rings. The number of carbonyl (C=O) groups is 4. The second-order valence-electron chi connectivity index (χ2n) is 11.0. The summed E-state index contributed by atoms with van der Waals surface area (Å²) < 4.78 is 15.2. The Kier molecular flexibility index (Phi) is 30.3. The van der Waals surface area contributed by atoms with Crippen LogP contribution < -0.4 is 10.6 Å². The monoisotopic (exact) mass is 643 g/mol. The van der Waals surface area contributed by atoms with Gasteiger partial charge in [0.1, 0.15) is 19.3 Å². The van der Waals surface area contributed by atoms with Crippen LogP contribution in [-0.4, -0.2) is 92.7 Å². The van der Waals surface area contributed by atoms with Gasteiger partial charge in [-0.05, 0) is 31.3 Å². The Hall–Kier alpha value is -2.93. The first kappa shape index (κ1) is 42.1. The lowest BCUT2D eigenvalue weighted by Gasteiger charge is -2.14. The second-order valence-corrected chi connectivity index (χ2v) is 11.0. The van der Waals surface area contributed by atoms with Crippen molar-refractivity contribution in [3.05, 3.63) is 10.4 Å². The number of nitrogens with one attached hydrogen (secondary N) is 2. The standard InChI is InChI=1S/C31H57N5O9/c32-36-35-21-22-43-24-25-44-26-30(40)45-23-20-34-28(37)18-17-27(31(41)42)33-19-15-13-11-9-7-5-3-1-2-4-6-8-10-12-14-16-29(38)39/h27,33H,1-26H2,(H,34,37)(H,38,39)(H,41,42)/t27-/m0/s1. The third-order valence-electron chi connectivity index (χ3n) is 7.09. The van der Waals surface area contributed by atoms with E-state index >= 15 is 0 Å². The first-order chi connectivity index (χ1) is 21.9. The lowest BCUT2D eigenvalue weighted by molar-refractivity contribution is -0.149. The fourth-order valence-electron chi connectivity index (χ4n) is 4.57. The number of carbonyl (C=O) groups excluding carboxylic acids is 2. The quantitative estimate of drug-likeness (QED) is 0.0238. The summed E-state index contributed by atoms with van der Waals surface area (Å²) in [5.41, 5.74) is 8.14. The number of aliphatic carboxylic acids is 2. The van der Waals surface area contributed by atoms with E-state index in [0.717, 1.165) is 38.5 Å². The third-order valence-corrected chi connectivity index (χ3v) is 7.09. The van der Waals surface area contributed by atoms with Crippen molar-refractivity contribution in [2.24, 2.45) is 5.11 Å². The summed E-state index contributed by atoms with van der Waals surface area (Å²) in [5, 5.41) is 27.1. The van der Waals surface area contributed by atoms with E-state index in [1.807, 2.05) is 0 Å². The van der Waals surface area contributed by atoms with Crippen molar-refractivity contribution in [3.8, 4) is 0 Å². The van der Waals surface area contributed by atoms with Crippen LogP contribution >= 0.6 is 0 Å². The highest BCUT2D eigenvalue weighted by molar-refractivity contribution is 5.78. The highest BCUT2D eigenvalue weighted by Crippen LogP contribution is 2.13. The number of azide groups is 1. The van der Waals surface area contributed by atoms with Crippen LogP contribution in [0.1, 0.15) is 116 Å². The van der Waals surface area contributed by atoms with Crippen LogP contribution in [-0.2, 0) is 33.4 Å². The highest BCUT2D eigenvalue weighted by atomic mass is 16.6. The van der Waals surface area contributed by atoms with Gasteiger partial charge < -0.3 is 35.1 Å². The number of carboxylic acids is 2. The van der Waals surface area contributed by atoms with Gasteiger partial charge in [0.05, 0.1) is 26.4 Å². The topological polar surface area (TPSA) is 209 Å². The number of hydrogen-bond donors (Lipinski definition) is 4. The maximum absolute atomic E-state index is 12.1. The molecule has 1 amide bonds. The van der Waals surface area contributed by atoms with Crippen molar-refractivity contribution < 1.29 is 43.6 Å². The van der Waals surface area contributed by atoms with Crippen LogP contribution in [0.25, 0.3) is 10.4 Å². The predicted octanol–water partition coefficient (Wildman–Crippen LogP) is 5.14. The molecule has 0 aromatic rings. The van der Waals surface area contributed by atoms with Gasteiger partial charge in [-0.1, -0.05) is 88.6 Å². The zero-order valence-electron chi connectivity index (χ0n) is 27.1. The minimum Gasteiger partial charge on any atom is -0.481 e. The van der Waals surface area contributed by atoms with Crippen molar-refractivity contribution in [1.29, 1.82) is 0 Å². The Morgan fingerprint density at radius 2 is 1.24 bits per heavy atom. The van der Waals surface area contributed by atoms with Crippen LogP contribution in [0, 0.1) is 0 Å². The van der Waals surface area contributed by atoms with E-state index in [9.17, 15) is 24.3 Å². The van der Waals surface area contributed by atoms with Crippen LogP contribution in [0.5, 0.6) is 0 Å². The SMILES string of the molecule is [N-]=[N+]=NCCOCCOCC(=O)OCCNC(=O)CC[C@H](NCCCCCCCCCCCCCCCCCC(=O)O)C(=O)O. The summed E-state index contributed by atoms with van der Waals surface area (Å²) in [6.07, 6.45) is 17.8. The molecule has 14 nitrogen and oxygen atoms in total. The van der Waals surface area contributed by atoms with Gasteiger partial charge in [0, 0.05) is 24.3 Å². The number of unbranched alkanes of at least 4 members (excludes halogenated alkanes) is 14. The van der Waals surface area contributed by atoms with Gasteiger partial charge in [-0.3, -0.25) is 14.4 Å². The average Bonchev–Trinajstić information content (AvgIpc) is 3.01.